The summed E-state index contributed by atoms with van der Waals surface area (Å²) >= 11 is 0. The number of aryl methyl sites for hydroxylation is 1. The predicted octanol–water partition coefficient (Wildman–Crippen LogP) is 2.55. The number of rotatable bonds is 4. The number of para-hydroxylation sites is 1. The number of aromatic nitrogens is 3. The van der Waals surface area contributed by atoms with Gasteiger partial charge in [-0.05, 0) is 25.1 Å². The molecule has 0 N–H and O–H groups in total. The molecule has 0 saturated heterocycles. The van der Waals surface area contributed by atoms with Crippen molar-refractivity contribution in [3.8, 4) is 5.75 Å². The van der Waals surface area contributed by atoms with Crippen LogP contribution in [-0.2, 0) is 13.0 Å². The molecule has 1 aromatic carbocycles. The van der Waals surface area contributed by atoms with Crippen molar-refractivity contribution in [1.29, 1.82) is 0 Å². The van der Waals surface area contributed by atoms with Crippen molar-refractivity contribution in [2.24, 2.45) is 0 Å². The highest BCUT2D eigenvalue weighted by atomic mass is 16.5. The van der Waals surface area contributed by atoms with Crippen LogP contribution in [0, 0.1) is 6.92 Å². The molecule has 3 heterocycles. The number of nitrogens with zero attached hydrogens (tertiary/aromatic N) is 4. The van der Waals surface area contributed by atoms with Gasteiger partial charge in [-0.2, -0.15) is 0 Å². The van der Waals surface area contributed by atoms with Crippen LogP contribution >= 0.6 is 0 Å². The van der Waals surface area contributed by atoms with Crippen molar-refractivity contribution in [3.05, 3.63) is 65.8 Å². The van der Waals surface area contributed by atoms with Crippen LogP contribution in [0.2, 0.25) is 0 Å². The summed E-state index contributed by atoms with van der Waals surface area (Å²) in [7, 11) is 0. The molecule has 0 radical (unpaired) electrons. The number of carbonyl (C=O) groups is 1. The van der Waals surface area contributed by atoms with Gasteiger partial charge in [0.1, 0.15) is 17.4 Å². The maximum Gasteiger partial charge on any atom is 0.297 e. The summed E-state index contributed by atoms with van der Waals surface area (Å²) < 4.78 is 11.3. The topological polar surface area (TPSA) is 81.4 Å². The molecule has 25 heavy (non-hydrogen) atoms. The molecule has 0 unspecified atom stereocenters. The first kappa shape index (κ1) is 15.3. The van der Waals surface area contributed by atoms with Gasteiger partial charge in [-0.15, -0.1) is 0 Å². The number of carbonyl (C=O) groups excluding carboxylic acids is 1. The van der Waals surface area contributed by atoms with Crippen molar-refractivity contribution in [2.75, 3.05) is 11.4 Å². The minimum atomic E-state index is -0.238. The summed E-state index contributed by atoms with van der Waals surface area (Å²) in [6.45, 7) is 2.47. The molecule has 7 nitrogen and oxygen atoms in total. The average molecular weight is 336 g/mol. The van der Waals surface area contributed by atoms with Crippen LogP contribution < -0.4 is 9.64 Å². The first-order valence-electron chi connectivity index (χ1n) is 7.98. The van der Waals surface area contributed by atoms with Crippen LogP contribution in [0.15, 0.2) is 47.0 Å². The number of benzene rings is 1. The van der Waals surface area contributed by atoms with Crippen molar-refractivity contribution in [1.82, 2.24) is 15.0 Å². The van der Waals surface area contributed by atoms with Gasteiger partial charge in [0.2, 0.25) is 11.7 Å². The fourth-order valence-electron chi connectivity index (χ4n) is 2.72. The van der Waals surface area contributed by atoms with E-state index in [1.54, 1.807) is 24.1 Å². The lowest BCUT2D eigenvalue weighted by Gasteiger charge is -2.24. The van der Waals surface area contributed by atoms with Crippen molar-refractivity contribution < 1.29 is 13.9 Å². The average Bonchev–Trinajstić information content (AvgIpc) is 3.05. The third-order valence-electron chi connectivity index (χ3n) is 3.90. The summed E-state index contributed by atoms with van der Waals surface area (Å²) in [5.74, 6) is 2.32. The number of anilines is 1. The van der Waals surface area contributed by atoms with Crippen molar-refractivity contribution in [2.45, 2.75) is 20.0 Å². The van der Waals surface area contributed by atoms with Crippen LogP contribution in [0.25, 0.3) is 0 Å². The van der Waals surface area contributed by atoms with Crippen LogP contribution in [-0.4, -0.2) is 27.4 Å². The van der Waals surface area contributed by atoms with E-state index in [0.29, 0.717) is 36.2 Å². The van der Waals surface area contributed by atoms with Gasteiger partial charge in [0, 0.05) is 19.2 Å². The van der Waals surface area contributed by atoms with Crippen LogP contribution in [0.4, 0.5) is 5.82 Å². The van der Waals surface area contributed by atoms with Gasteiger partial charge in [-0.1, -0.05) is 18.2 Å². The maximum atomic E-state index is 12.7. The highest BCUT2D eigenvalue weighted by Crippen LogP contribution is 2.24. The van der Waals surface area contributed by atoms with E-state index in [0.717, 1.165) is 5.75 Å². The molecular formula is C18H16N4O3. The number of hydrogen-bond donors (Lipinski definition) is 0. The third-order valence-corrected chi connectivity index (χ3v) is 3.90. The SMILES string of the molecule is Cc1nccc(N2CCc3nc(COc4ccccc4)oc3C2=O)n1. The van der Waals surface area contributed by atoms with E-state index in [2.05, 4.69) is 15.0 Å². The molecule has 4 rings (SSSR count). The summed E-state index contributed by atoms with van der Waals surface area (Å²) in [5, 5.41) is 0. The van der Waals surface area contributed by atoms with E-state index >= 15 is 0 Å². The second-order valence-electron chi connectivity index (χ2n) is 5.65. The van der Waals surface area contributed by atoms with Gasteiger partial charge < -0.3 is 9.15 Å². The normalized spacial score (nSPS) is 13.6. The lowest BCUT2D eigenvalue weighted by Crippen LogP contribution is -2.37. The van der Waals surface area contributed by atoms with Gasteiger partial charge in [0.05, 0.1) is 5.69 Å². The molecule has 1 amide bonds. The number of amides is 1. The fourth-order valence-corrected chi connectivity index (χ4v) is 2.72. The van der Waals surface area contributed by atoms with Gasteiger partial charge in [-0.25, -0.2) is 15.0 Å². The maximum absolute atomic E-state index is 12.7. The molecule has 0 bridgehead atoms. The number of hydrogen-bond acceptors (Lipinski definition) is 6. The molecule has 7 heteroatoms. The van der Waals surface area contributed by atoms with E-state index in [1.165, 1.54) is 0 Å². The highest BCUT2D eigenvalue weighted by Gasteiger charge is 2.31. The molecule has 0 saturated carbocycles. The Morgan fingerprint density at radius 2 is 2.04 bits per heavy atom. The fraction of sp³-hybridized carbons (Fsp3) is 0.222. The molecule has 0 aliphatic carbocycles. The monoisotopic (exact) mass is 336 g/mol. The molecule has 2 aromatic heterocycles. The van der Waals surface area contributed by atoms with E-state index in [4.69, 9.17) is 9.15 Å². The van der Waals surface area contributed by atoms with Crippen LogP contribution in [0.1, 0.15) is 28.0 Å². The first-order chi connectivity index (χ1) is 12.2. The van der Waals surface area contributed by atoms with Gasteiger partial charge >= 0.3 is 0 Å². The van der Waals surface area contributed by atoms with Crippen LogP contribution in [0.5, 0.6) is 5.75 Å². The number of fused-ring (bicyclic) bond motifs is 1. The quantitative estimate of drug-likeness (QED) is 0.728. The Morgan fingerprint density at radius 1 is 1.20 bits per heavy atom. The molecule has 1 aliphatic heterocycles. The van der Waals surface area contributed by atoms with Crippen molar-refractivity contribution in [3.63, 3.8) is 0 Å². The summed E-state index contributed by atoms with van der Waals surface area (Å²) in [4.78, 5) is 27.1. The Labute approximate surface area is 144 Å². The van der Waals surface area contributed by atoms with Crippen molar-refractivity contribution >= 4 is 11.7 Å². The Hall–Kier alpha value is -3.22. The van der Waals surface area contributed by atoms with E-state index in [-0.39, 0.29) is 18.3 Å². The minimum Gasteiger partial charge on any atom is -0.484 e. The zero-order chi connectivity index (χ0) is 17.2. The summed E-state index contributed by atoms with van der Waals surface area (Å²) in [6.07, 6.45) is 2.25. The zero-order valence-corrected chi connectivity index (χ0v) is 13.7. The summed E-state index contributed by atoms with van der Waals surface area (Å²) in [5.41, 5.74) is 0.665. The minimum absolute atomic E-state index is 0.177. The molecule has 0 spiro atoms. The highest BCUT2D eigenvalue weighted by molar-refractivity contribution is 6.05. The number of oxazole rings is 1. The number of ether oxygens (including phenoxy) is 1. The molecule has 126 valence electrons. The Balaban J connectivity index is 1.53. The second-order valence-corrected chi connectivity index (χ2v) is 5.65. The lowest BCUT2D eigenvalue weighted by molar-refractivity contribution is 0.0947. The van der Waals surface area contributed by atoms with E-state index in [1.807, 2.05) is 30.3 Å². The predicted molar refractivity (Wildman–Crippen MR) is 89.4 cm³/mol. The largest absolute Gasteiger partial charge is 0.484 e. The van der Waals surface area contributed by atoms with Gasteiger partial charge in [0.25, 0.3) is 5.91 Å². The molecule has 1 aliphatic rings. The molecule has 3 aromatic rings. The zero-order valence-electron chi connectivity index (χ0n) is 13.7. The first-order valence-corrected chi connectivity index (χ1v) is 7.98. The molecule has 0 fully saturated rings. The molecule has 0 atom stereocenters. The molecular weight excluding hydrogens is 320 g/mol. The Morgan fingerprint density at radius 3 is 2.84 bits per heavy atom. The van der Waals surface area contributed by atoms with Gasteiger partial charge in [0.15, 0.2) is 6.61 Å². The van der Waals surface area contributed by atoms with Gasteiger partial charge in [-0.3, -0.25) is 9.69 Å². The Bertz CT molecular complexity index is 908. The smallest absolute Gasteiger partial charge is 0.297 e. The van der Waals surface area contributed by atoms with Crippen LogP contribution in [0.3, 0.4) is 0 Å². The standard InChI is InChI=1S/C18H16N4O3/c1-12-19-9-7-15(20-12)22-10-8-14-17(18(22)23)25-16(21-14)11-24-13-5-3-2-4-6-13/h2-7,9H,8,10-11H2,1H3. The lowest BCUT2D eigenvalue weighted by atomic mass is 10.1. The summed E-state index contributed by atoms with van der Waals surface area (Å²) in [6, 6.07) is 11.1. The second kappa shape index (κ2) is 6.35. The van der Waals surface area contributed by atoms with E-state index in [9.17, 15) is 4.79 Å². The Kier molecular flexibility index (Phi) is 3.89. The third kappa shape index (κ3) is 3.08. The van der Waals surface area contributed by atoms with E-state index < -0.39 is 0 Å².